The Morgan fingerprint density at radius 2 is 2.36 bits per heavy atom. The quantitative estimate of drug-likeness (QED) is 0.651. The molecule has 0 aromatic carbocycles. The van der Waals surface area contributed by atoms with Gasteiger partial charge in [0.1, 0.15) is 5.82 Å². The Morgan fingerprint density at radius 1 is 1.64 bits per heavy atom. The standard InChI is InChI=1S/C6H12N4O/c1-3-11-6-8-5(4-7)10(2)9-6/h3-4,7H2,1-2H3. The molecular formula is C6H12N4O. The molecule has 0 amide bonds. The van der Waals surface area contributed by atoms with Crippen LogP contribution in [0.15, 0.2) is 0 Å². The molecule has 0 fully saturated rings. The fourth-order valence-electron chi connectivity index (χ4n) is 0.759. The van der Waals surface area contributed by atoms with Gasteiger partial charge in [0.2, 0.25) is 0 Å². The number of aryl methyl sites for hydroxylation is 1. The molecule has 5 nitrogen and oxygen atoms in total. The molecule has 62 valence electrons. The molecule has 5 heteroatoms. The average Bonchev–Trinajstić information content (AvgIpc) is 2.32. The van der Waals surface area contributed by atoms with Crippen LogP contribution in [0.3, 0.4) is 0 Å². The fraction of sp³-hybridized carbons (Fsp3) is 0.667. The molecule has 1 rings (SSSR count). The zero-order valence-electron chi connectivity index (χ0n) is 6.74. The first-order valence-corrected chi connectivity index (χ1v) is 3.50. The Labute approximate surface area is 65.2 Å². The lowest BCUT2D eigenvalue weighted by Crippen LogP contribution is -2.05. The lowest BCUT2D eigenvalue weighted by atomic mass is 10.6. The van der Waals surface area contributed by atoms with Gasteiger partial charge in [0.15, 0.2) is 0 Å². The van der Waals surface area contributed by atoms with Gasteiger partial charge >= 0.3 is 6.01 Å². The van der Waals surface area contributed by atoms with Crippen LogP contribution in [0.5, 0.6) is 6.01 Å². The lowest BCUT2D eigenvalue weighted by molar-refractivity contribution is 0.311. The molecular weight excluding hydrogens is 144 g/mol. The second-order valence-corrected chi connectivity index (χ2v) is 2.07. The van der Waals surface area contributed by atoms with Gasteiger partial charge in [0.25, 0.3) is 0 Å². The van der Waals surface area contributed by atoms with Crippen molar-refractivity contribution in [2.75, 3.05) is 6.61 Å². The van der Waals surface area contributed by atoms with Crippen LogP contribution in [0, 0.1) is 0 Å². The first-order valence-electron chi connectivity index (χ1n) is 3.50. The van der Waals surface area contributed by atoms with Gasteiger partial charge in [-0.05, 0) is 6.92 Å². The van der Waals surface area contributed by atoms with Crippen LogP contribution in [0.4, 0.5) is 0 Å². The minimum Gasteiger partial charge on any atom is -0.463 e. The summed E-state index contributed by atoms with van der Waals surface area (Å²) in [5, 5.41) is 3.97. The molecule has 1 aromatic rings. The summed E-state index contributed by atoms with van der Waals surface area (Å²) in [6, 6.07) is 0.399. The van der Waals surface area contributed by atoms with E-state index in [9.17, 15) is 0 Å². The highest BCUT2D eigenvalue weighted by molar-refractivity contribution is 4.96. The minimum atomic E-state index is 0.385. The monoisotopic (exact) mass is 156 g/mol. The van der Waals surface area contributed by atoms with Crippen LogP contribution in [0.1, 0.15) is 12.7 Å². The topological polar surface area (TPSA) is 66.0 Å². The summed E-state index contributed by atoms with van der Waals surface area (Å²) in [5.41, 5.74) is 5.38. The Morgan fingerprint density at radius 3 is 2.82 bits per heavy atom. The summed E-state index contributed by atoms with van der Waals surface area (Å²) in [6.45, 7) is 2.85. The Hall–Kier alpha value is -1.10. The van der Waals surface area contributed by atoms with E-state index in [0.29, 0.717) is 19.2 Å². The molecule has 2 N–H and O–H groups in total. The van der Waals surface area contributed by atoms with Crippen molar-refractivity contribution >= 4 is 0 Å². The molecule has 0 aliphatic rings. The summed E-state index contributed by atoms with van der Waals surface area (Å²) in [6.07, 6.45) is 0. The summed E-state index contributed by atoms with van der Waals surface area (Å²) in [7, 11) is 1.79. The van der Waals surface area contributed by atoms with E-state index in [1.807, 2.05) is 6.92 Å². The van der Waals surface area contributed by atoms with Gasteiger partial charge in [-0.2, -0.15) is 4.98 Å². The minimum absolute atomic E-state index is 0.385. The van der Waals surface area contributed by atoms with Crippen LogP contribution in [-0.2, 0) is 13.6 Å². The van der Waals surface area contributed by atoms with Gasteiger partial charge in [-0.15, -0.1) is 5.10 Å². The van der Waals surface area contributed by atoms with E-state index >= 15 is 0 Å². The average molecular weight is 156 g/mol. The van der Waals surface area contributed by atoms with Crippen molar-refractivity contribution in [1.29, 1.82) is 0 Å². The van der Waals surface area contributed by atoms with Gasteiger partial charge in [-0.25, -0.2) is 4.68 Å². The highest BCUT2D eigenvalue weighted by Gasteiger charge is 2.04. The first-order chi connectivity index (χ1) is 5.27. The Bertz CT molecular complexity index is 232. The lowest BCUT2D eigenvalue weighted by Gasteiger charge is -1.91. The molecule has 1 aromatic heterocycles. The van der Waals surface area contributed by atoms with E-state index in [2.05, 4.69) is 10.1 Å². The highest BCUT2D eigenvalue weighted by Crippen LogP contribution is 2.02. The van der Waals surface area contributed by atoms with Crippen LogP contribution in [-0.4, -0.2) is 21.4 Å². The van der Waals surface area contributed by atoms with Crippen LogP contribution in [0.25, 0.3) is 0 Å². The fourth-order valence-corrected chi connectivity index (χ4v) is 0.759. The van der Waals surface area contributed by atoms with Gasteiger partial charge in [-0.3, -0.25) is 0 Å². The maximum Gasteiger partial charge on any atom is 0.335 e. The van der Waals surface area contributed by atoms with Crippen LogP contribution in [0.2, 0.25) is 0 Å². The summed E-state index contributed by atoms with van der Waals surface area (Å²) in [5.74, 6) is 0.730. The number of nitrogens with two attached hydrogens (primary N) is 1. The highest BCUT2D eigenvalue weighted by atomic mass is 16.5. The number of ether oxygens (including phenoxy) is 1. The number of aromatic nitrogens is 3. The number of hydrogen-bond donors (Lipinski definition) is 1. The number of rotatable bonds is 3. The van der Waals surface area contributed by atoms with Crippen molar-refractivity contribution in [3.63, 3.8) is 0 Å². The molecule has 0 saturated heterocycles. The normalized spacial score (nSPS) is 10.1. The van der Waals surface area contributed by atoms with Gasteiger partial charge < -0.3 is 10.5 Å². The van der Waals surface area contributed by atoms with Crippen molar-refractivity contribution in [1.82, 2.24) is 14.8 Å². The number of hydrogen-bond acceptors (Lipinski definition) is 4. The van der Waals surface area contributed by atoms with Crippen molar-refractivity contribution in [2.45, 2.75) is 13.5 Å². The SMILES string of the molecule is CCOc1nc(CN)n(C)n1. The van der Waals surface area contributed by atoms with E-state index in [-0.39, 0.29) is 0 Å². The predicted molar refractivity (Wildman–Crippen MR) is 40.1 cm³/mol. The van der Waals surface area contributed by atoms with E-state index in [1.165, 1.54) is 0 Å². The zero-order valence-corrected chi connectivity index (χ0v) is 6.74. The molecule has 0 spiro atoms. The maximum absolute atomic E-state index is 5.38. The van der Waals surface area contributed by atoms with Crippen molar-refractivity contribution in [3.05, 3.63) is 5.82 Å². The van der Waals surface area contributed by atoms with Crippen molar-refractivity contribution in [3.8, 4) is 6.01 Å². The molecule has 0 atom stereocenters. The van der Waals surface area contributed by atoms with Gasteiger partial charge in [-0.1, -0.05) is 0 Å². The van der Waals surface area contributed by atoms with E-state index in [1.54, 1.807) is 11.7 Å². The smallest absolute Gasteiger partial charge is 0.335 e. The van der Waals surface area contributed by atoms with E-state index in [4.69, 9.17) is 10.5 Å². The van der Waals surface area contributed by atoms with Gasteiger partial charge in [0.05, 0.1) is 13.2 Å². The number of nitrogens with zero attached hydrogens (tertiary/aromatic N) is 3. The predicted octanol–water partition coefficient (Wildman–Crippen LogP) is -0.328. The Balaban J connectivity index is 2.77. The third-order valence-corrected chi connectivity index (χ3v) is 1.29. The molecule has 11 heavy (non-hydrogen) atoms. The van der Waals surface area contributed by atoms with Crippen LogP contribution >= 0.6 is 0 Å². The maximum atomic E-state index is 5.38. The second-order valence-electron chi connectivity index (χ2n) is 2.07. The third kappa shape index (κ3) is 1.68. The molecule has 0 unspecified atom stereocenters. The second kappa shape index (κ2) is 3.34. The molecule has 0 aliphatic carbocycles. The van der Waals surface area contributed by atoms with Crippen LogP contribution < -0.4 is 10.5 Å². The summed E-state index contributed by atoms with van der Waals surface area (Å²) in [4.78, 5) is 4.02. The zero-order chi connectivity index (χ0) is 8.27. The first kappa shape index (κ1) is 8.00. The molecule has 0 saturated carbocycles. The summed E-state index contributed by atoms with van der Waals surface area (Å²) >= 11 is 0. The molecule has 0 bridgehead atoms. The Kier molecular flexibility index (Phi) is 2.43. The van der Waals surface area contributed by atoms with Gasteiger partial charge in [0, 0.05) is 7.05 Å². The summed E-state index contributed by atoms with van der Waals surface area (Å²) < 4.78 is 6.69. The molecule has 0 radical (unpaired) electrons. The molecule has 0 aliphatic heterocycles. The molecule has 1 heterocycles. The van der Waals surface area contributed by atoms with Crippen molar-refractivity contribution in [2.24, 2.45) is 12.8 Å². The third-order valence-electron chi connectivity index (χ3n) is 1.29. The largest absolute Gasteiger partial charge is 0.463 e. The van der Waals surface area contributed by atoms with E-state index in [0.717, 1.165) is 5.82 Å². The van der Waals surface area contributed by atoms with Crippen molar-refractivity contribution < 1.29 is 4.74 Å². The van der Waals surface area contributed by atoms with E-state index < -0.39 is 0 Å².